The molecule has 0 bridgehead atoms. The monoisotopic (exact) mass is 395 g/mol. The molecule has 0 aliphatic heterocycles. The molecular weight excluding hydrogens is 381 g/mol. The highest BCUT2D eigenvalue weighted by atomic mass is 35.5. The van der Waals surface area contributed by atoms with Crippen LogP contribution >= 0.6 is 23.2 Å². The van der Waals surface area contributed by atoms with Gasteiger partial charge in [0.05, 0.1) is 27.4 Å². The Morgan fingerprint density at radius 2 is 2.04 bits per heavy atom. The fourth-order valence-electron chi connectivity index (χ4n) is 2.11. The van der Waals surface area contributed by atoms with Gasteiger partial charge < -0.3 is 14.6 Å². The fraction of sp³-hybridized carbons (Fsp3) is 0.235. The molecule has 7 nitrogen and oxygen atoms in total. The number of allylic oxidation sites excluding steroid dienone is 1. The van der Waals surface area contributed by atoms with E-state index in [0.717, 1.165) is 0 Å². The van der Waals surface area contributed by atoms with Crippen LogP contribution in [-0.4, -0.2) is 27.0 Å². The van der Waals surface area contributed by atoms with Gasteiger partial charge in [-0.3, -0.25) is 0 Å². The first kappa shape index (κ1) is 19.6. The van der Waals surface area contributed by atoms with Crippen LogP contribution in [0.15, 0.2) is 18.2 Å². The Morgan fingerprint density at radius 1 is 1.38 bits per heavy atom. The van der Waals surface area contributed by atoms with E-state index in [0.29, 0.717) is 17.1 Å². The molecule has 0 saturated heterocycles. The average molecular weight is 396 g/mol. The number of halogens is 2. The Labute approximate surface area is 160 Å². The molecule has 0 amide bonds. The molecule has 0 aliphatic rings. The van der Waals surface area contributed by atoms with Gasteiger partial charge in [0.1, 0.15) is 5.75 Å². The molecule has 136 valence electrons. The van der Waals surface area contributed by atoms with E-state index in [9.17, 15) is 4.79 Å². The highest BCUT2D eigenvalue weighted by Gasteiger charge is 2.19. The Kier molecular flexibility index (Phi) is 6.14. The summed E-state index contributed by atoms with van der Waals surface area (Å²) in [5, 5.41) is 22.3. The maximum atomic E-state index is 11.0. The van der Waals surface area contributed by atoms with Gasteiger partial charge >= 0.3 is 5.97 Å². The summed E-state index contributed by atoms with van der Waals surface area (Å²) < 4.78 is 12.7. The lowest BCUT2D eigenvalue weighted by Gasteiger charge is -2.15. The Balaban J connectivity index is 2.43. The normalized spacial score (nSPS) is 12.0. The molecule has 1 N–H and O–H groups in total. The van der Waals surface area contributed by atoms with Gasteiger partial charge in [-0.05, 0) is 26.0 Å². The Morgan fingerprint density at radius 3 is 2.65 bits per heavy atom. The zero-order valence-corrected chi connectivity index (χ0v) is 15.7. The van der Waals surface area contributed by atoms with Crippen molar-refractivity contribution in [2.45, 2.75) is 20.0 Å². The molecule has 0 spiro atoms. The van der Waals surface area contributed by atoms with Gasteiger partial charge in [-0.15, -0.1) is 0 Å². The number of ether oxygens (including phenoxy) is 2. The van der Waals surface area contributed by atoms with Gasteiger partial charge in [0.15, 0.2) is 11.9 Å². The topological polar surface area (TPSA) is 97.4 Å². The third-order valence-electron chi connectivity index (χ3n) is 3.38. The summed E-state index contributed by atoms with van der Waals surface area (Å²) in [7, 11) is 1.68. The van der Waals surface area contributed by atoms with Gasteiger partial charge in [0, 0.05) is 19.2 Å². The van der Waals surface area contributed by atoms with Crippen molar-refractivity contribution in [2.75, 3.05) is 0 Å². The Hall–Kier alpha value is -2.69. The molecule has 1 atom stereocenters. The third-order valence-corrected chi connectivity index (χ3v) is 3.97. The van der Waals surface area contributed by atoms with Crippen LogP contribution < -0.4 is 9.47 Å². The highest BCUT2D eigenvalue weighted by Crippen LogP contribution is 2.39. The maximum absolute atomic E-state index is 11.0. The summed E-state index contributed by atoms with van der Waals surface area (Å²) in [4.78, 5) is 11.0. The molecule has 2 rings (SSSR count). The summed E-state index contributed by atoms with van der Waals surface area (Å²) in [5.74, 6) is -0.452. The smallest absolute Gasteiger partial charge is 0.344 e. The molecule has 1 aromatic carbocycles. The number of benzene rings is 1. The van der Waals surface area contributed by atoms with Crippen LogP contribution in [0.4, 0.5) is 0 Å². The molecule has 26 heavy (non-hydrogen) atoms. The molecule has 0 saturated carbocycles. The van der Waals surface area contributed by atoms with Crippen molar-refractivity contribution in [1.29, 1.82) is 5.26 Å². The first-order valence-corrected chi connectivity index (χ1v) is 8.16. The van der Waals surface area contributed by atoms with Crippen LogP contribution in [0.3, 0.4) is 0 Å². The van der Waals surface area contributed by atoms with E-state index in [1.807, 2.05) is 6.07 Å². The van der Waals surface area contributed by atoms with Crippen molar-refractivity contribution in [3.63, 3.8) is 0 Å². The van der Waals surface area contributed by atoms with E-state index < -0.39 is 12.1 Å². The molecule has 1 heterocycles. The van der Waals surface area contributed by atoms with Gasteiger partial charge in [0.25, 0.3) is 0 Å². The minimum atomic E-state index is -1.13. The number of nitriles is 1. The highest BCUT2D eigenvalue weighted by molar-refractivity contribution is 6.36. The second-order valence-electron chi connectivity index (χ2n) is 5.30. The summed E-state index contributed by atoms with van der Waals surface area (Å²) in [6.07, 6.45) is 1.78. The predicted octanol–water partition coefficient (Wildman–Crippen LogP) is 4.22. The van der Waals surface area contributed by atoms with Crippen molar-refractivity contribution >= 4 is 35.2 Å². The van der Waals surface area contributed by atoms with Gasteiger partial charge in [-0.25, -0.2) is 9.48 Å². The van der Waals surface area contributed by atoms with Crippen LogP contribution in [0.2, 0.25) is 10.0 Å². The van der Waals surface area contributed by atoms with Crippen molar-refractivity contribution in [3.8, 4) is 23.4 Å². The number of rotatable bonds is 6. The zero-order valence-electron chi connectivity index (χ0n) is 14.2. The van der Waals surface area contributed by atoms with Gasteiger partial charge in [-0.1, -0.05) is 23.2 Å². The second kappa shape index (κ2) is 8.13. The first-order valence-electron chi connectivity index (χ1n) is 7.40. The predicted molar refractivity (Wildman–Crippen MR) is 96.9 cm³/mol. The van der Waals surface area contributed by atoms with Crippen molar-refractivity contribution in [1.82, 2.24) is 9.78 Å². The number of aromatic nitrogens is 2. The van der Waals surface area contributed by atoms with Crippen LogP contribution in [-0.2, 0) is 11.8 Å². The summed E-state index contributed by atoms with van der Waals surface area (Å²) >= 11 is 12.3. The maximum Gasteiger partial charge on any atom is 0.344 e. The number of aliphatic carboxylic acids is 1. The van der Waals surface area contributed by atoms with E-state index in [-0.39, 0.29) is 21.5 Å². The lowest BCUT2D eigenvalue weighted by Crippen LogP contribution is -2.23. The van der Waals surface area contributed by atoms with Crippen molar-refractivity contribution in [3.05, 3.63) is 39.5 Å². The molecule has 0 unspecified atom stereocenters. The largest absolute Gasteiger partial charge is 0.479 e. The lowest BCUT2D eigenvalue weighted by atomic mass is 10.2. The van der Waals surface area contributed by atoms with E-state index in [1.54, 1.807) is 20.0 Å². The average Bonchev–Trinajstić information content (AvgIpc) is 2.83. The minimum absolute atomic E-state index is 0.119. The molecule has 0 fully saturated rings. The molecule has 9 heteroatoms. The van der Waals surface area contributed by atoms with Crippen molar-refractivity contribution in [2.24, 2.45) is 7.05 Å². The van der Waals surface area contributed by atoms with E-state index in [4.69, 9.17) is 43.0 Å². The molecule has 0 radical (unpaired) electrons. The van der Waals surface area contributed by atoms with E-state index in [1.165, 1.54) is 29.8 Å². The quantitative estimate of drug-likeness (QED) is 0.735. The standard InChI is InChI=1S/C17H15Cl2N3O4/c1-9-11(5-4-6-20)16(22(3)21-9)26-15-8-14(12(18)7-13(15)19)25-10(2)17(23)24/h4-5,7-8,10H,1-3H3,(H,23,24)/b5-4+/t10-/m0/s1. The van der Waals surface area contributed by atoms with Crippen LogP contribution in [0.25, 0.3) is 6.08 Å². The SMILES string of the molecule is Cc1nn(C)c(Oc2cc(O[C@@H](C)C(=O)O)c(Cl)cc2Cl)c1/C=C/C#N. The number of carboxylic acid groups (broad SMARTS) is 1. The molecular formula is C17H15Cl2N3O4. The number of aryl methyl sites for hydroxylation is 2. The minimum Gasteiger partial charge on any atom is -0.479 e. The molecule has 0 aliphatic carbocycles. The van der Waals surface area contributed by atoms with Crippen LogP contribution in [0.5, 0.6) is 17.4 Å². The number of carboxylic acids is 1. The molecule has 2 aromatic rings. The number of carbonyl (C=O) groups is 1. The van der Waals surface area contributed by atoms with Gasteiger partial charge in [-0.2, -0.15) is 10.4 Å². The number of hydrogen-bond donors (Lipinski definition) is 1. The number of hydrogen-bond acceptors (Lipinski definition) is 5. The lowest BCUT2D eigenvalue weighted by molar-refractivity contribution is -0.144. The Bertz CT molecular complexity index is 916. The third kappa shape index (κ3) is 4.28. The van der Waals surface area contributed by atoms with Crippen LogP contribution in [0, 0.1) is 18.3 Å². The zero-order chi connectivity index (χ0) is 19.4. The van der Waals surface area contributed by atoms with Crippen LogP contribution in [0.1, 0.15) is 18.2 Å². The van der Waals surface area contributed by atoms with E-state index >= 15 is 0 Å². The van der Waals surface area contributed by atoms with Crippen molar-refractivity contribution < 1.29 is 19.4 Å². The van der Waals surface area contributed by atoms with Gasteiger partial charge in [0.2, 0.25) is 5.88 Å². The summed E-state index contributed by atoms with van der Waals surface area (Å²) in [6.45, 7) is 3.15. The fourth-order valence-corrected chi connectivity index (χ4v) is 2.58. The number of nitrogens with zero attached hydrogens (tertiary/aromatic N) is 3. The first-order chi connectivity index (χ1) is 12.2. The summed E-state index contributed by atoms with van der Waals surface area (Å²) in [6, 6.07) is 4.72. The second-order valence-corrected chi connectivity index (χ2v) is 6.12. The van der Waals surface area contributed by atoms with E-state index in [2.05, 4.69) is 5.10 Å². The molecule has 1 aromatic heterocycles. The summed E-state index contributed by atoms with van der Waals surface area (Å²) in [5.41, 5.74) is 1.27.